The molecule has 1 N–H and O–H groups in total. The second kappa shape index (κ2) is 17.8. The molecule has 0 aliphatic heterocycles. The number of amides is 1. The number of rotatable bonds is 16. The average molecular weight is 374 g/mol. The van der Waals surface area contributed by atoms with Crippen LogP contribution in [-0.4, -0.2) is 12.5 Å². The van der Waals surface area contributed by atoms with Gasteiger partial charge in [-0.25, -0.2) is 0 Å². The zero-order valence-corrected chi connectivity index (χ0v) is 18.3. The fourth-order valence-corrected chi connectivity index (χ4v) is 2.60. The van der Waals surface area contributed by atoms with Crippen molar-refractivity contribution in [1.29, 1.82) is 0 Å². The van der Waals surface area contributed by atoms with Crippen molar-refractivity contribution in [3.8, 4) is 0 Å². The summed E-state index contributed by atoms with van der Waals surface area (Å²) in [6.45, 7) is 9.14. The Labute approximate surface area is 168 Å². The fraction of sp³-hybridized carbons (Fsp3) is 0.640. The maximum Gasteiger partial charge on any atom is 0.225 e. The lowest BCUT2D eigenvalue weighted by Gasteiger charge is -2.22. The SMILES string of the molecule is CCCCC/C=C\C/C=C\C/C=C\C/C=C\CCC(C)(C)C(=O)NCCC. The Hall–Kier alpha value is -1.57. The summed E-state index contributed by atoms with van der Waals surface area (Å²) in [5.41, 5.74) is -0.287. The van der Waals surface area contributed by atoms with E-state index in [9.17, 15) is 4.79 Å². The van der Waals surface area contributed by atoms with Gasteiger partial charge in [-0.3, -0.25) is 4.79 Å². The summed E-state index contributed by atoms with van der Waals surface area (Å²) in [7, 11) is 0. The topological polar surface area (TPSA) is 29.1 Å². The number of allylic oxidation sites excluding steroid dienone is 8. The Morgan fingerprint density at radius 2 is 1.26 bits per heavy atom. The van der Waals surface area contributed by atoms with E-state index in [1.54, 1.807) is 0 Å². The molecular weight excluding hydrogens is 330 g/mol. The molecule has 1 amide bonds. The van der Waals surface area contributed by atoms with Crippen LogP contribution in [0.5, 0.6) is 0 Å². The van der Waals surface area contributed by atoms with Crippen molar-refractivity contribution in [2.75, 3.05) is 6.54 Å². The van der Waals surface area contributed by atoms with Crippen molar-refractivity contribution in [1.82, 2.24) is 5.32 Å². The van der Waals surface area contributed by atoms with Gasteiger partial charge in [0.15, 0.2) is 0 Å². The largest absolute Gasteiger partial charge is 0.356 e. The Bertz CT molecular complexity index is 469. The highest BCUT2D eigenvalue weighted by Gasteiger charge is 2.25. The predicted molar refractivity (Wildman–Crippen MR) is 121 cm³/mol. The van der Waals surface area contributed by atoms with E-state index in [0.29, 0.717) is 0 Å². The van der Waals surface area contributed by atoms with Gasteiger partial charge in [0, 0.05) is 12.0 Å². The first-order valence-electron chi connectivity index (χ1n) is 10.9. The van der Waals surface area contributed by atoms with E-state index in [1.807, 2.05) is 13.8 Å². The van der Waals surface area contributed by atoms with Gasteiger partial charge in [0.1, 0.15) is 0 Å². The van der Waals surface area contributed by atoms with Crippen LogP contribution in [0.3, 0.4) is 0 Å². The monoisotopic (exact) mass is 373 g/mol. The summed E-state index contributed by atoms with van der Waals surface area (Å²) in [6, 6.07) is 0. The van der Waals surface area contributed by atoms with Crippen LogP contribution in [-0.2, 0) is 4.79 Å². The summed E-state index contributed by atoms with van der Waals surface area (Å²) < 4.78 is 0. The summed E-state index contributed by atoms with van der Waals surface area (Å²) in [5, 5.41) is 2.99. The van der Waals surface area contributed by atoms with E-state index in [-0.39, 0.29) is 11.3 Å². The van der Waals surface area contributed by atoms with Crippen LogP contribution in [0.15, 0.2) is 48.6 Å². The highest BCUT2D eigenvalue weighted by atomic mass is 16.2. The molecule has 0 aromatic heterocycles. The smallest absolute Gasteiger partial charge is 0.225 e. The predicted octanol–water partition coefficient (Wildman–Crippen LogP) is 7.29. The van der Waals surface area contributed by atoms with Crippen LogP contribution in [0, 0.1) is 5.41 Å². The van der Waals surface area contributed by atoms with Crippen molar-refractivity contribution >= 4 is 5.91 Å². The van der Waals surface area contributed by atoms with Gasteiger partial charge in [-0.2, -0.15) is 0 Å². The van der Waals surface area contributed by atoms with Gasteiger partial charge < -0.3 is 5.32 Å². The quantitative estimate of drug-likeness (QED) is 0.223. The Kier molecular flexibility index (Phi) is 16.8. The summed E-state index contributed by atoms with van der Waals surface area (Å²) in [6.07, 6.45) is 28.8. The second-order valence-corrected chi connectivity index (χ2v) is 7.77. The van der Waals surface area contributed by atoms with Crippen molar-refractivity contribution < 1.29 is 4.79 Å². The van der Waals surface area contributed by atoms with Crippen molar-refractivity contribution in [2.24, 2.45) is 5.41 Å². The molecule has 0 saturated carbocycles. The second-order valence-electron chi connectivity index (χ2n) is 7.77. The zero-order chi connectivity index (χ0) is 20.2. The normalized spacial score (nSPS) is 12.9. The lowest BCUT2D eigenvalue weighted by Crippen LogP contribution is -2.37. The maximum atomic E-state index is 12.1. The summed E-state index contributed by atoms with van der Waals surface area (Å²) in [5.74, 6) is 0.167. The van der Waals surface area contributed by atoms with Crippen LogP contribution in [0.2, 0.25) is 0 Å². The first-order chi connectivity index (χ1) is 13.0. The molecule has 0 rings (SSSR count). The standard InChI is InChI=1S/C25H43NO/c1-5-7-8-9-10-11-12-13-14-15-16-17-18-19-20-21-22-25(3,4)24(27)26-23-6-2/h10-11,13-14,16-17,19-20H,5-9,12,15,18,21-23H2,1-4H3,(H,26,27)/b11-10-,14-13-,17-16-,20-19-. The first kappa shape index (κ1) is 25.4. The zero-order valence-electron chi connectivity index (χ0n) is 18.3. The Morgan fingerprint density at radius 1 is 0.741 bits per heavy atom. The van der Waals surface area contributed by atoms with E-state index in [1.165, 1.54) is 25.7 Å². The third kappa shape index (κ3) is 16.3. The van der Waals surface area contributed by atoms with E-state index < -0.39 is 0 Å². The molecule has 0 unspecified atom stereocenters. The van der Waals surface area contributed by atoms with Gasteiger partial charge >= 0.3 is 0 Å². The third-order valence-electron chi connectivity index (χ3n) is 4.54. The molecule has 0 aromatic carbocycles. The van der Waals surface area contributed by atoms with Gasteiger partial charge in [-0.1, -0.05) is 89.1 Å². The molecule has 0 aliphatic rings. The van der Waals surface area contributed by atoms with Crippen LogP contribution in [0.25, 0.3) is 0 Å². The van der Waals surface area contributed by atoms with E-state index >= 15 is 0 Å². The lowest BCUT2D eigenvalue weighted by atomic mass is 9.86. The Balaban J connectivity index is 3.73. The van der Waals surface area contributed by atoms with Gasteiger partial charge in [0.25, 0.3) is 0 Å². The van der Waals surface area contributed by atoms with Crippen molar-refractivity contribution in [2.45, 2.75) is 91.9 Å². The molecule has 0 radical (unpaired) electrons. The number of nitrogens with one attached hydrogen (secondary N) is 1. The van der Waals surface area contributed by atoms with Gasteiger partial charge in [-0.15, -0.1) is 0 Å². The van der Waals surface area contributed by atoms with Crippen LogP contribution < -0.4 is 5.32 Å². The first-order valence-corrected chi connectivity index (χ1v) is 10.9. The molecule has 0 aliphatic carbocycles. The highest BCUT2D eigenvalue weighted by molar-refractivity contribution is 5.81. The minimum absolute atomic E-state index is 0.167. The molecule has 0 bridgehead atoms. The molecule has 154 valence electrons. The summed E-state index contributed by atoms with van der Waals surface area (Å²) >= 11 is 0. The Morgan fingerprint density at radius 3 is 1.78 bits per heavy atom. The highest BCUT2D eigenvalue weighted by Crippen LogP contribution is 2.22. The van der Waals surface area contributed by atoms with Gasteiger partial charge in [0.2, 0.25) is 5.91 Å². The van der Waals surface area contributed by atoms with Crippen molar-refractivity contribution in [3.05, 3.63) is 48.6 Å². The molecule has 0 aromatic rings. The maximum absolute atomic E-state index is 12.1. The van der Waals surface area contributed by atoms with Crippen LogP contribution in [0.1, 0.15) is 91.9 Å². The number of carbonyl (C=O) groups is 1. The minimum Gasteiger partial charge on any atom is -0.356 e. The van der Waals surface area contributed by atoms with E-state index in [2.05, 4.69) is 67.8 Å². The van der Waals surface area contributed by atoms with E-state index in [0.717, 1.165) is 45.1 Å². The fourth-order valence-electron chi connectivity index (χ4n) is 2.60. The molecule has 2 nitrogen and oxygen atoms in total. The number of unbranched alkanes of at least 4 members (excludes halogenated alkanes) is 3. The molecule has 27 heavy (non-hydrogen) atoms. The third-order valence-corrected chi connectivity index (χ3v) is 4.54. The van der Waals surface area contributed by atoms with Gasteiger partial charge in [0.05, 0.1) is 0 Å². The number of carbonyl (C=O) groups excluding carboxylic acids is 1. The average Bonchev–Trinajstić information content (AvgIpc) is 2.65. The molecule has 0 atom stereocenters. The van der Waals surface area contributed by atoms with Crippen molar-refractivity contribution in [3.63, 3.8) is 0 Å². The molecular formula is C25H43NO. The number of hydrogen-bond acceptors (Lipinski definition) is 1. The number of hydrogen-bond donors (Lipinski definition) is 1. The van der Waals surface area contributed by atoms with Crippen LogP contribution in [0.4, 0.5) is 0 Å². The summed E-state index contributed by atoms with van der Waals surface area (Å²) in [4.78, 5) is 12.1. The lowest BCUT2D eigenvalue weighted by molar-refractivity contribution is -0.129. The molecule has 0 fully saturated rings. The van der Waals surface area contributed by atoms with Crippen LogP contribution >= 0.6 is 0 Å². The van der Waals surface area contributed by atoms with Gasteiger partial charge in [-0.05, 0) is 51.4 Å². The minimum atomic E-state index is -0.287. The molecule has 0 saturated heterocycles. The molecule has 2 heteroatoms. The molecule has 0 spiro atoms. The molecule has 0 heterocycles. The van der Waals surface area contributed by atoms with E-state index in [4.69, 9.17) is 0 Å².